The molecule has 6 nitrogen and oxygen atoms in total. The lowest BCUT2D eigenvalue weighted by atomic mass is 9.88. The normalized spacial score (nSPS) is 17.8. The van der Waals surface area contributed by atoms with Gasteiger partial charge in [0.05, 0.1) is 18.9 Å². The first-order valence-electron chi connectivity index (χ1n) is 11.2. The molecule has 0 radical (unpaired) electrons. The summed E-state index contributed by atoms with van der Waals surface area (Å²) in [6.45, 7) is 0. The summed E-state index contributed by atoms with van der Waals surface area (Å²) in [5.74, 6) is -0.789. The first-order valence-corrected chi connectivity index (χ1v) is 12.1. The number of nitrogens with one attached hydrogen (secondary N) is 1. The molecule has 1 atom stereocenters. The van der Waals surface area contributed by atoms with Gasteiger partial charge in [-0.15, -0.1) is 11.3 Å². The van der Waals surface area contributed by atoms with Gasteiger partial charge in [0.25, 0.3) is 0 Å². The minimum absolute atomic E-state index is 0.111. The maximum absolute atomic E-state index is 13.5. The summed E-state index contributed by atoms with van der Waals surface area (Å²) in [4.78, 5) is 25.7. The number of hydrogen-bond acceptors (Lipinski definition) is 5. The topological polar surface area (TPSA) is 84.9 Å². The molecule has 1 aliphatic heterocycles. The summed E-state index contributed by atoms with van der Waals surface area (Å²) in [6, 6.07) is 11.2. The molecule has 0 saturated heterocycles. The molecule has 2 aromatic carbocycles. The van der Waals surface area contributed by atoms with Crippen LogP contribution in [-0.2, 0) is 4.79 Å². The highest BCUT2D eigenvalue weighted by Crippen LogP contribution is 2.50. The molecule has 5 rings (SSSR count). The quantitative estimate of drug-likeness (QED) is 0.447. The van der Waals surface area contributed by atoms with Crippen LogP contribution in [0.5, 0.6) is 11.5 Å². The number of amides is 1. The Bertz CT molecular complexity index is 1250. The summed E-state index contributed by atoms with van der Waals surface area (Å²) in [5.41, 5.74) is 2.27. The third-order valence-corrected chi connectivity index (χ3v) is 7.71. The number of fused-ring (bicyclic) bond motifs is 1. The number of ether oxygens (including phenoxy) is 2. The Morgan fingerprint density at radius 1 is 1.12 bits per heavy atom. The van der Waals surface area contributed by atoms with Crippen molar-refractivity contribution in [2.24, 2.45) is 0 Å². The van der Waals surface area contributed by atoms with E-state index in [1.807, 2.05) is 18.2 Å². The number of aromatic carboxylic acids is 1. The Morgan fingerprint density at radius 3 is 2.53 bits per heavy atom. The van der Waals surface area contributed by atoms with Gasteiger partial charge in [0.2, 0.25) is 5.91 Å². The van der Waals surface area contributed by atoms with Crippen LogP contribution in [0.4, 0.5) is 10.1 Å². The first kappa shape index (κ1) is 22.4. The zero-order valence-corrected chi connectivity index (χ0v) is 19.4. The second-order valence-corrected chi connectivity index (χ2v) is 9.65. The van der Waals surface area contributed by atoms with E-state index in [2.05, 4.69) is 5.32 Å². The molecule has 176 valence electrons. The third-order valence-electron chi connectivity index (χ3n) is 6.42. The maximum Gasteiger partial charge on any atom is 0.346 e. The number of halogens is 1. The highest BCUT2D eigenvalue weighted by atomic mass is 32.1. The van der Waals surface area contributed by atoms with Crippen LogP contribution in [0.15, 0.2) is 42.5 Å². The molecule has 1 aromatic heterocycles. The smallest absolute Gasteiger partial charge is 0.346 e. The van der Waals surface area contributed by atoms with Gasteiger partial charge in [0.15, 0.2) is 11.5 Å². The summed E-state index contributed by atoms with van der Waals surface area (Å²) < 4.78 is 25.3. The van der Waals surface area contributed by atoms with Crippen LogP contribution < -0.4 is 14.8 Å². The molecule has 1 saturated carbocycles. The van der Waals surface area contributed by atoms with E-state index in [-0.39, 0.29) is 29.2 Å². The van der Waals surface area contributed by atoms with Crippen molar-refractivity contribution in [3.63, 3.8) is 0 Å². The molecule has 3 aromatic rings. The minimum Gasteiger partial charge on any atom is -0.493 e. The van der Waals surface area contributed by atoms with Gasteiger partial charge in [0.1, 0.15) is 10.7 Å². The fourth-order valence-corrected chi connectivity index (χ4v) is 6.03. The van der Waals surface area contributed by atoms with Crippen LogP contribution in [0.3, 0.4) is 0 Å². The van der Waals surface area contributed by atoms with Crippen molar-refractivity contribution in [2.75, 3.05) is 12.4 Å². The zero-order chi connectivity index (χ0) is 23.8. The Hall–Kier alpha value is -3.39. The summed E-state index contributed by atoms with van der Waals surface area (Å²) >= 11 is 1.14. The second-order valence-electron chi connectivity index (χ2n) is 8.60. The standard InChI is InChI=1S/C26H24FNO5S/c1-32-19-11-8-15(12-20(19)33-17-4-2-3-5-17)18-13-21(29)28-23-22(14-6-9-16(27)10-7-14)25(26(30)31)34-24(18)23/h6-12,17-18H,2-5,13H2,1H3,(H,28,29)(H,30,31)/t18-/m0/s1. The van der Waals surface area contributed by atoms with Crippen molar-refractivity contribution in [1.82, 2.24) is 0 Å². The van der Waals surface area contributed by atoms with Gasteiger partial charge in [-0.2, -0.15) is 0 Å². The summed E-state index contributed by atoms with van der Waals surface area (Å²) in [6.07, 6.45) is 4.59. The highest BCUT2D eigenvalue weighted by Gasteiger charge is 2.35. The lowest BCUT2D eigenvalue weighted by Crippen LogP contribution is -2.22. The predicted octanol–water partition coefficient (Wildman–Crippen LogP) is 6.06. The summed E-state index contributed by atoms with van der Waals surface area (Å²) in [7, 11) is 1.59. The number of benzene rings is 2. The molecular weight excluding hydrogens is 457 g/mol. The Balaban J connectivity index is 1.60. The van der Waals surface area contributed by atoms with Crippen LogP contribution in [0, 0.1) is 5.82 Å². The Kier molecular flexibility index (Phi) is 6.00. The number of carboxylic acids is 1. The Morgan fingerprint density at radius 2 is 1.85 bits per heavy atom. The van der Waals surface area contributed by atoms with Gasteiger partial charge in [-0.3, -0.25) is 4.79 Å². The molecule has 0 bridgehead atoms. The van der Waals surface area contributed by atoms with Crippen molar-refractivity contribution in [3.05, 3.63) is 63.6 Å². The van der Waals surface area contributed by atoms with Crippen LogP contribution in [0.1, 0.15) is 58.1 Å². The molecule has 8 heteroatoms. The lowest BCUT2D eigenvalue weighted by molar-refractivity contribution is -0.116. The molecule has 2 aliphatic rings. The molecule has 1 fully saturated rings. The van der Waals surface area contributed by atoms with E-state index >= 15 is 0 Å². The largest absolute Gasteiger partial charge is 0.493 e. The number of rotatable bonds is 6. The molecule has 2 heterocycles. The van der Waals surface area contributed by atoms with Crippen LogP contribution in [0.2, 0.25) is 0 Å². The number of hydrogen-bond donors (Lipinski definition) is 2. The van der Waals surface area contributed by atoms with Crippen molar-refractivity contribution < 1.29 is 28.6 Å². The number of carboxylic acid groups (broad SMARTS) is 1. The van der Waals surface area contributed by atoms with Crippen LogP contribution >= 0.6 is 11.3 Å². The number of carbonyl (C=O) groups excluding carboxylic acids is 1. The van der Waals surface area contributed by atoms with Gasteiger partial charge < -0.3 is 19.9 Å². The van der Waals surface area contributed by atoms with E-state index < -0.39 is 11.8 Å². The van der Waals surface area contributed by atoms with E-state index in [4.69, 9.17) is 9.47 Å². The van der Waals surface area contributed by atoms with E-state index in [0.29, 0.717) is 28.3 Å². The van der Waals surface area contributed by atoms with E-state index in [0.717, 1.165) is 47.5 Å². The maximum atomic E-state index is 13.5. The number of anilines is 1. The first-order chi connectivity index (χ1) is 16.4. The zero-order valence-electron chi connectivity index (χ0n) is 18.6. The molecule has 34 heavy (non-hydrogen) atoms. The fourth-order valence-electron chi connectivity index (χ4n) is 4.79. The second kappa shape index (κ2) is 9.10. The average Bonchev–Trinajstić information content (AvgIpc) is 3.47. The molecular formula is C26H24FNO5S. The van der Waals surface area contributed by atoms with Gasteiger partial charge >= 0.3 is 5.97 Å². The van der Waals surface area contributed by atoms with E-state index in [9.17, 15) is 19.1 Å². The van der Waals surface area contributed by atoms with E-state index in [1.165, 1.54) is 24.3 Å². The minimum atomic E-state index is -1.09. The van der Waals surface area contributed by atoms with Crippen molar-refractivity contribution in [3.8, 4) is 22.6 Å². The third kappa shape index (κ3) is 4.14. The molecule has 2 N–H and O–H groups in total. The van der Waals surface area contributed by atoms with Crippen molar-refractivity contribution in [1.29, 1.82) is 0 Å². The van der Waals surface area contributed by atoms with Gasteiger partial charge in [-0.1, -0.05) is 18.2 Å². The average molecular weight is 482 g/mol. The van der Waals surface area contributed by atoms with Crippen LogP contribution in [0.25, 0.3) is 11.1 Å². The SMILES string of the molecule is COc1ccc([C@@H]2CC(=O)Nc3c2sc(C(=O)O)c3-c2ccc(F)cc2)cc1OC1CCCC1. The van der Waals surface area contributed by atoms with E-state index in [1.54, 1.807) is 7.11 Å². The fraction of sp³-hybridized carbons (Fsp3) is 0.308. The number of thiophene rings is 1. The Labute approximate surface area is 200 Å². The molecule has 1 aliphatic carbocycles. The number of carbonyl (C=O) groups is 2. The monoisotopic (exact) mass is 481 g/mol. The number of methoxy groups -OCH3 is 1. The van der Waals surface area contributed by atoms with Crippen molar-refractivity contribution in [2.45, 2.75) is 44.1 Å². The van der Waals surface area contributed by atoms with Crippen molar-refractivity contribution >= 4 is 28.9 Å². The highest BCUT2D eigenvalue weighted by molar-refractivity contribution is 7.15. The molecule has 1 amide bonds. The van der Waals surface area contributed by atoms with Gasteiger partial charge in [-0.05, 0) is 61.1 Å². The molecule has 0 spiro atoms. The predicted molar refractivity (Wildman–Crippen MR) is 128 cm³/mol. The lowest BCUT2D eigenvalue weighted by Gasteiger charge is -2.25. The molecule has 0 unspecified atom stereocenters. The van der Waals surface area contributed by atoms with Crippen LogP contribution in [-0.4, -0.2) is 30.2 Å². The van der Waals surface area contributed by atoms with Gasteiger partial charge in [0, 0.05) is 22.8 Å². The summed E-state index contributed by atoms with van der Waals surface area (Å²) in [5, 5.41) is 12.8. The van der Waals surface area contributed by atoms with Gasteiger partial charge in [-0.25, -0.2) is 9.18 Å².